The molecule has 0 amide bonds. The van der Waals surface area contributed by atoms with Crippen LogP contribution in [0.5, 0.6) is 0 Å². The van der Waals surface area contributed by atoms with Crippen LogP contribution in [-0.2, 0) is 0 Å². The molecule has 1 aromatic carbocycles. The van der Waals surface area contributed by atoms with Gasteiger partial charge in [-0.25, -0.2) is 0 Å². The van der Waals surface area contributed by atoms with Gasteiger partial charge >= 0.3 is 0 Å². The number of rotatable bonds is 4. The number of nitrogens with one attached hydrogen (secondary N) is 1. The van der Waals surface area contributed by atoms with Crippen LogP contribution < -0.4 is 5.32 Å². The van der Waals surface area contributed by atoms with Crippen molar-refractivity contribution < 1.29 is 0 Å². The quantitative estimate of drug-likeness (QED) is 0.796. The summed E-state index contributed by atoms with van der Waals surface area (Å²) in [4.78, 5) is 0. The molecular formula is C11H14BrN. The second-order valence-electron chi connectivity index (χ2n) is 2.94. The Labute approximate surface area is 88.0 Å². The van der Waals surface area contributed by atoms with Crippen molar-refractivity contribution in [2.75, 3.05) is 6.54 Å². The molecule has 0 heterocycles. The van der Waals surface area contributed by atoms with E-state index < -0.39 is 0 Å². The maximum absolute atomic E-state index is 3.67. The first-order chi connectivity index (χ1) is 6.25. The minimum atomic E-state index is 0.355. The van der Waals surface area contributed by atoms with Crippen molar-refractivity contribution in [1.82, 2.24) is 5.32 Å². The third-order valence-electron chi connectivity index (χ3n) is 1.94. The zero-order chi connectivity index (χ0) is 9.68. The summed E-state index contributed by atoms with van der Waals surface area (Å²) in [7, 11) is 0. The summed E-state index contributed by atoms with van der Waals surface area (Å²) in [5, 5.41) is 3.34. The van der Waals surface area contributed by atoms with E-state index in [2.05, 4.69) is 46.9 Å². The van der Waals surface area contributed by atoms with Gasteiger partial charge in [-0.05, 0) is 18.6 Å². The van der Waals surface area contributed by atoms with Crippen LogP contribution in [0.2, 0.25) is 0 Å². The highest BCUT2D eigenvalue weighted by Crippen LogP contribution is 2.22. The number of hydrogen-bond donors (Lipinski definition) is 1. The lowest BCUT2D eigenvalue weighted by molar-refractivity contribution is 0.615. The van der Waals surface area contributed by atoms with Gasteiger partial charge in [0.25, 0.3) is 0 Å². The molecule has 1 N–H and O–H groups in total. The Bertz CT molecular complexity index is 283. The number of benzene rings is 1. The summed E-state index contributed by atoms with van der Waals surface area (Å²) in [5.41, 5.74) is 1.28. The Morgan fingerprint density at radius 2 is 2.23 bits per heavy atom. The Morgan fingerprint density at radius 3 is 2.85 bits per heavy atom. The Balaban J connectivity index is 2.70. The van der Waals surface area contributed by atoms with Crippen molar-refractivity contribution in [2.24, 2.45) is 0 Å². The standard InChI is InChI=1S/C11H14BrN/c1-3-8-13-9(2)10-6-4-5-7-11(10)12/h3-7,9,13H,1,8H2,2H3. The highest BCUT2D eigenvalue weighted by Gasteiger charge is 2.05. The second-order valence-corrected chi connectivity index (χ2v) is 3.79. The molecule has 2 heteroatoms. The van der Waals surface area contributed by atoms with Crippen LogP contribution in [0.15, 0.2) is 41.4 Å². The van der Waals surface area contributed by atoms with Gasteiger partial charge in [-0.1, -0.05) is 40.2 Å². The molecule has 0 aliphatic carbocycles. The van der Waals surface area contributed by atoms with Crippen LogP contribution in [0.4, 0.5) is 0 Å². The largest absolute Gasteiger partial charge is 0.307 e. The van der Waals surface area contributed by atoms with Gasteiger partial charge in [-0.3, -0.25) is 0 Å². The smallest absolute Gasteiger partial charge is 0.0305 e. The van der Waals surface area contributed by atoms with Crippen LogP contribution in [0.25, 0.3) is 0 Å². The average Bonchev–Trinajstić information content (AvgIpc) is 2.15. The SMILES string of the molecule is C=CCNC(C)c1ccccc1Br. The van der Waals surface area contributed by atoms with Crippen LogP contribution >= 0.6 is 15.9 Å². The van der Waals surface area contributed by atoms with Crippen LogP contribution in [0.3, 0.4) is 0 Å². The summed E-state index contributed by atoms with van der Waals surface area (Å²) >= 11 is 3.52. The third-order valence-corrected chi connectivity index (χ3v) is 2.66. The van der Waals surface area contributed by atoms with E-state index in [9.17, 15) is 0 Å². The fourth-order valence-electron chi connectivity index (χ4n) is 1.20. The first-order valence-electron chi connectivity index (χ1n) is 4.34. The maximum atomic E-state index is 3.67. The molecule has 1 unspecified atom stereocenters. The van der Waals surface area contributed by atoms with Crippen LogP contribution in [-0.4, -0.2) is 6.54 Å². The molecule has 1 rings (SSSR count). The molecule has 0 fully saturated rings. The highest BCUT2D eigenvalue weighted by atomic mass is 79.9. The molecule has 13 heavy (non-hydrogen) atoms. The molecule has 0 saturated carbocycles. The Morgan fingerprint density at radius 1 is 1.54 bits per heavy atom. The van der Waals surface area contributed by atoms with Gasteiger partial charge in [-0.2, -0.15) is 0 Å². The van der Waals surface area contributed by atoms with Gasteiger partial charge in [-0.15, -0.1) is 6.58 Å². The van der Waals surface area contributed by atoms with E-state index in [0.717, 1.165) is 11.0 Å². The zero-order valence-electron chi connectivity index (χ0n) is 7.76. The lowest BCUT2D eigenvalue weighted by Gasteiger charge is -2.14. The van der Waals surface area contributed by atoms with E-state index >= 15 is 0 Å². The predicted octanol–water partition coefficient (Wildman–Crippen LogP) is 3.29. The molecular weight excluding hydrogens is 226 g/mol. The fourth-order valence-corrected chi connectivity index (χ4v) is 1.82. The third kappa shape index (κ3) is 2.98. The molecule has 1 nitrogen and oxygen atoms in total. The molecule has 0 bridgehead atoms. The summed E-state index contributed by atoms with van der Waals surface area (Å²) in [6, 6.07) is 8.60. The van der Waals surface area contributed by atoms with E-state index in [1.54, 1.807) is 0 Å². The second kappa shape index (κ2) is 5.20. The van der Waals surface area contributed by atoms with Crippen molar-refractivity contribution in [2.45, 2.75) is 13.0 Å². The first-order valence-corrected chi connectivity index (χ1v) is 5.13. The molecule has 0 aromatic heterocycles. The summed E-state index contributed by atoms with van der Waals surface area (Å²) in [6.45, 7) is 6.65. The summed E-state index contributed by atoms with van der Waals surface area (Å²) < 4.78 is 1.15. The van der Waals surface area contributed by atoms with Crippen molar-refractivity contribution in [3.05, 3.63) is 47.0 Å². The van der Waals surface area contributed by atoms with Crippen molar-refractivity contribution >= 4 is 15.9 Å². The van der Waals surface area contributed by atoms with Gasteiger partial charge < -0.3 is 5.32 Å². The maximum Gasteiger partial charge on any atom is 0.0305 e. The van der Waals surface area contributed by atoms with Gasteiger partial charge in [0.2, 0.25) is 0 Å². The topological polar surface area (TPSA) is 12.0 Å². The van der Waals surface area contributed by atoms with Gasteiger partial charge in [0, 0.05) is 17.1 Å². The summed E-state index contributed by atoms with van der Waals surface area (Å²) in [6.07, 6.45) is 1.87. The Hall–Kier alpha value is -0.600. The predicted molar refractivity (Wildman–Crippen MR) is 60.8 cm³/mol. The normalized spacial score (nSPS) is 12.5. The molecule has 70 valence electrons. The molecule has 0 aliphatic rings. The van der Waals surface area contributed by atoms with Crippen molar-refractivity contribution in [1.29, 1.82) is 0 Å². The van der Waals surface area contributed by atoms with Crippen LogP contribution in [0, 0.1) is 0 Å². The van der Waals surface area contributed by atoms with Gasteiger partial charge in [0.1, 0.15) is 0 Å². The van der Waals surface area contributed by atoms with E-state index in [1.807, 2.05) is 18.2 Å². The molecule has 0 spiro atoms. The molecule has 0 saturated heterocycles. The number of hydrogen-bond acceptors (Lipinski definition) is 1. The van der Waals surface area contributed by atoms with E-state index in [0.29, 0.717) is 6.04 Å². The Kier molecular flexibility index (Phi) is 4.19. The lowest BCUT2D eigenvalue weighted by atomic mass is 10.1. The first kappa shape index (κ1) is 10.5. The molecule has 1 aromatic rings. The minimum Gasteiger partial charge on any atom is -0.307 e. The van der Waals surface area contributed by atoms with Gasteiger partial charge in [0.05, 0.1) is 0 Å². The van der Waals surface area contributed by atoms with Crippen molar-refractivity contribution in [3.63, 3.8) is 0 Å². The van der Waals surface area contributed by atoms with Gasteiger partial charge in [0.15, 0.2) is 0 Å². The van der Waals surface area contributed by atoms with E-state index in [-0.39, 0.29) is 0 Å². The zero-order valence-corrected chi connectivity index (χ0v) is 9.34. The molecule has 0 radical (unpaired) electrons. The lowest BCUT2D eigenvalue weighted by Crippen LogP contribution is -2.18. The summed E-state index contributed by atoms with van der Waals surface area (Å²) in [5.74, 6) is 0. The van der Waals surface area contributed by atoms with E-state index in [1.165, 1.54) is 5.56 Å². The average molecular weight is 240 g/mol. The van der Waals surface area contributed by atoms with Crippen molar-refractivity contribution in [3.8, 4) is 0 Å². The monoisotopic (exact) mass is 239 g/mol. The molecule has 0 aliphatic heterocycles. The number of halogens is 1. The van der Waals surface area contributed by atoms with E-state index in [4.69, 9.17) is 0 Å². The molecule has 1 atom stereocenters. The highest BCUT2D eigenvalue weighted by molar-refractivity contribution is 9.10. The fraction of sp³-hybridized carbons (Fsp3) is 0.273. The minimum absolute atomic E-state index is 0.355. The van der Waals surface area contributed by atoms with Crippen LogP contribution in [0.1, 0.15) is 18.5 Å².